The summed E-state index contributed by atoms with van der Waals surface area (Å²) in [7, 11) is 0. The third kappa shape index (κ3) is 4.58. The van der Waals surface area contributed by atoms with Crippen LogP contribution in [0.15, 0.2) is 30.3 Å². The van der Waals surface area contributed by atoms with Crippen LogP contribution in [0.2, 0.25) is 0 Å². The highest BCUT2D eigenvalue weighted by molar-refractivity contribution is 5.84. The van der Waals surface area contributed by atoms with E-state index in [1.54, 1.807) is 0 Å². The van der Waals surface area contributed by atoms with Crippen LogP contribution in [0.1, 0.15) is 44.6 Å². The predicted octanol–water partition coefficient (Wildman–Crippen LogP) is 1.68. The number of carboxylic acid groups (broad SMARTS) is 1. The van der Waals surface area contributed by atoms with E-state index >= 15 is 0 Å². The van der Waals surface area contributed by atoms with Crippen molar-refractivity contribution in [3.8, 4) is 0 Å². The van der Waals surface area contributed by atoms with Crippen LogP contribution in [-0.4, -0.2) is 17.9 Å². The molecule has 0 aromatic heterocycles. The van der Waals surface area contributed by atoms with Gasteiger partial charge in [0.15, 0.2) is 0 Å². The second-order valence-corrected chi connectivity index (χ2v) is 6.25. The van der Waals surface area contributed by atoms with Crippen LogP contribution in [0.25, 0.3) is 0 Å². The zero-order valence-electron chi connectivity index (χ0n) is 13.1. The number of aliphatic carboxylic acids is 1. The summed E-state index contributed by atoms with van der Waals surface area (Å²) in [6.45, 7) is 1.97. The summed E-state index contributed by atoms with van der Waals surface area (Å²) in [5.74, 6) is -2.28. The van der Waals surface area contributed by atoms with Crippen molar-refractivity contribution in [3.63, 3.8) is 0 Å². The Morgan fingerprint density at radius 2 is 1.82 bits per heavy atom. The molecule has 0 saturated heterocycles. The average Bonchev–Trinajstić information content (AvgIpc) is 2.54. The van der Waals surface area contributed by atoms with Crippen LogP contribution < -0.4 is 10.4 Å². The van der Waals surface area contributed by atoms with Crippen molar-refractivity contribution in [2.45, 2.75) is 51.5 Å². The molecule has 1 aromatic carbocycles. The summed E-state index contributed by atoms with van der Waals surface area (Å²) in [6, 6.07) is 10.2. The van der Waals surface area contributed by atoms with Gasteiger partial charge in [0.2, 0.25) is 5.91 Å². The molecule has 2 rings (SSSR count). The maximum Gasteiger partial charge on any atom is 0.223 e. The second-order valence-electron chi connectivity index (χ2n) is 6.25. The van der Waals surface area contributed by atoms with Crippen molar-refractivity contribution in [1.29, 1.82) is 0 Å². The Kier molecular flexibility index (Phi) is 5.99. The molecular weight excluding hydrogens is 278 g/mol. The largest absolute Gasteiger partial charge is 0.550 e. The molecule has 1 N–H and O–H groups in total. The van der Waals surface area contributed by atoms with Crippen LogP contribution in [0.5, 0.6) is 0 Å². The number of carboxylic acids is 1. The van der Waals surface area contributed by atoms with Crippen molar-refractivity contribution >= 4 is 11.9 Å². The third-order valence-corrected chi connectivity index (χ3v) is 4.50. The number of aryl methyl sites for hydroxylation is 1. The lowest BCUT2D eigenvalue weighted by Gasteiger charge is -2.32. The van der Waals surface area contributed by atoms with Gasteiger partial charge in [0, 0.05) is 23.8 Å². The van der Waals surface area contributed by atoms with Gasteiger partial charge in [0.25, 0.3) is 0 Å². The molecule has 4 heteroatoms. The first-order valence-corrected chi connectivity index (χ1v) is 8.13. The number of benzene rings is 1. The lowest BCUT2D eigenvalue weighted by molar-refractivity contribution is -0.314. The first-order chi connectivity index (χ1) is 10.6. The van der Waals surface area contributed by atoms with Gasteiger partial charge in [-0.25, -0.2) is 0 Å². The van der Waals surface area contributed by atoms with Gasteiger partial charge in [-0.2, -0.15) is 0 Å². The molecule has 120 valence electrons. The third-order valence-electron chi connectivity index (χ3n) is 4.50. The molecule has 1 saturated carbocycles. The monoisotopic (exact) mass is 302 g/mol. The summed E-state index contributed by atoms with van der Waals surface area (Å²) >= 11 is 0. The minimum Gasteiger partial charge on any atom is -0.550 e. The lowest BCUT2D eigenvalue weighted by Crippen LogP contribution is -2.46. The van der Waals surface area contributed by atoms with E-state index in [0.717, 1.165) is 25.7 Å². The van der Waals surface area contributed by atoms with Crippen LogP contribution >= 0.6 is 0 Å². The molecule has 0 aliphatic heterocycles. The van der Waals surface area contributed by atoms with E-state index in [9.17, 15) is 14.7 Å². The van der Waals surface area contributed by atoms with Gasteiger partial charge < -0.3 is 15.2 Å². The standard InChI is InChI=1S/C18H25NO3/c1-13(11-12-14-7-3-2-4-8-14)19-17(20)15-9-5-6-10-16(15)18(21)22/h2-4,7-8,13,15-16H,5-6,9-12H2,1H3,(H,19,20)(H,21,22)/p-1/t13-,15-,16+/m1/s1. The number of carbonyl (C=O) groups is 2. The fraction of sp³-hybridized carbons (Fsp3) is 0.556. The van der Waals surface area contributed by atoms with Gasteiger partial charge in [-0.1, -0.05) is 43.2 Å². The van der Waals surface area contributed by atoms with Crippen molar-refractivity contribution in [1.82, 2.24) is 5.32 Å². The van der Waals surface area contributed by atoms with Crippen molar-refractivity contribution < 1.29 is 14.7 Å². The number of carbonyl (C=O) groups excluding carboxylic acids is 2. The number of nitrogens with one attached hydrogen (secondary N) is 1. The Morgan fingerprint density at radius 1 is 1.18 bits per heavy atom. The van der Waals surface area contributed by atoms with Crippen LogP contribution in [0.4, 0.5) is 0 Å². The van der Waals surface area contributed by atoms with E-state index in [2.05, 4.69) is 17.4 Å². The van der Waals surface area contributed by atoms with Gasteiger partial charge in [-0.3, -0.25) is 4.79 Å². The summed E-state index contributed by atoms with van der Waals surface area (Å²) < 4.78 is 0. The molecule has 3 atom stereocenters. The molecule has 1 aromatic rings. The van der Waals surface area contributed by atoms with Gasteiger partial charge in [-0.05, 0) is 38.2 Å². The summed E-state index contributed by atoms with van der Waals surface area (Å²) in [4.78, 5) is 23.5. The smallest absolute Gasteiger partial charge is 0.223 e. The number of rotatable bonds is 6. The van der Waals surface area contributed by atoms with Gasteiger partial charge >= 0.3 is 0 Å². The highest BCUT2D eigenvalue weighted by atomic mass is 16.4. The average molecular weight is 302 g/mol. The SMILES string of the molecule is C[C@H](CCc1ccccc1)NC(=O)[C@@H]1CCCC[C@@H]1C(=O)[O-]. The first kappa shape index (κ1) is 16.5. The Bertz CT molecular complexity index is 500. The van der Waals surface area contributed by atoms with E-state index in [-0.39, 0.29) is 11.9 Å². The predicted molar refractivity (Wildman–Crippen MR) is 82.8 cm³/mol. The number of hydrogen-bond acceptors (Lipinski definition) is 3. The first-order valence-electron chi connectivity index (χ1n) is 8.13. The van der Waals surface area contributed by atoms with Gasteiger partial charge in [0.1, 0.15) is 0 Å². The minimum absolute atomic E-state index is 0.0389. The van der Waals surface area contributed by atoms with E-state index in [0.29, 0.717) is 12.8 Å². The second kappa shape index (κ2) is 7.97. The maximum absolute atomic E-state index is 12.3. The van der Waals surface area contributed by atoms with E-state index in [4.69, 9.17) is 0 Å². The molecule has 0 bridgehead atoms. The normalized spacial score (nSPS) is 22.8. The highest BCUT2D eigenvalue weighted by Gasteiger charge is 2.32. The number of amides is 1. The maximum atomic E-state index is 12.3. The van der Waals surface area contributed by atoms with Crippen LogP contribution in [-0.2, 0) is 16.0 Å². The van der Waals surface area contributed by atoms with E-state index in [1.807, 2.05) is 25.1 Å². The Hall–Kier alpha value is -1.84. The zero-order valence-corrected chi connectivity index (χ0v) is 13.1. The highest BCUT2D eigenvalue weighted by Crippen LogP contribution is 2.30. The summed E-state index contributed by atoms with van der Waals surface area (Å²) in [5, 5.41) is 14.1. The molecule has 1 aliphatic rings. The van der Waals surface area contributed by atoms with Crippen molar-refractivity contribution in [3.05, 3.63) is 35.9 Å². The Morgan fingerprint density at radius 3 is 2.45 bits per heavy atom. The molecule has 4 nitrogen and oxygen atoms in total. The van der Waals surface area contributed by atoms with Crippen LogP contribution in [0.3, 0.4) is 0 Å². The fourth-order valence-corrected chi connectivity index (χ4v) is 3.18. The topological polar surface area (TPSA) is 69.2 Å². The Labute approximate surface area is 131 Å². The van der Waals surface area contributed by atoms with Gasteiger partial charge in [-0.15, -0.1) is 0 Å². The van der Waals surface area contributed by atoms with E-state index in [1.165, 1.54) is 5.56 Å². The molecule has 1 aliphatic carbocycles. The molecule has 1 amide bonds. The minimum atomic E-state index is -1.09. The molecule has 0 spiro atoms. The molecule has 1 fully saturated rings. The van der Waals surface area contributed by atoms with Crippen molar-refractivity contribution in [2.75, 3.05) is 0 Å². The molecule has 0 unspecified atom stereocenters. The Balaban J connectivity index is 1.83. The van der Waals surface area contributed by atoms with Crippen LogP contribution in [0, 0.1) is 11.8 Å². The zero-order chi connectivity index (χ0) is 15.9. The molecule has 0 radical (unpaired) electrons. The van der Waals surface area contributed by atoms with Gasteiger partial charge in [0.05, 0.1) is 0 Å². The molecular formula is C18H24NO3-. The van der Waals surface area contributed by atoms with E-state index < -0.39 is 17.8 Å². The van der Waals surface area contributed by atoms with Crippen molar-refractivity contribution in [2.24, 2.45) is 11.8 Å². The number of hydrogen-bond donors (Lipinski definition) is 1. The fourth-order valence-electron chi connectivity index (χ4n) is 3.18. The summed E-state index contributed by atoms with van der Waals surface area (Å²) in [6.07, 6.45) is 4.73. The molecule has 0 heterocycles. The molecule has 22 heavy (non-hydrogen) atoms. The lowest BCUT2D eigenvalue weighted by atomic mass is 9.78. The quantitative estimate of drug-likeness (QED) is 0.869. The summed E-state index contributed by atoms with van der Waals surface area (Å²) in [5.41, 5.74) is 1.24.